The van der Waals surface area contributed by atoms with Crippen LogP contribution in [-0.4, -0.2) is 36.3 Å². The molecular formula is C13H16F2N2O2. The van der Waals surface area contributed by atoms with E-state index in [1.807, 2.05) is 0 Å². The van der Waals surface area contributed by atoms with Crippen LogP contribution < -0.4 is 5.32 Å². The van der Waals surface area contributed by atoms with Crippen LogP contribution in [0.25, 0.3) is 0 Å². The molecule has 0 aliphatic rings. The molecule has 104 valence electrons. The SMILES string of the molecule is CCNC(=O)CN(CC)C(=O)c1ccc(F)c(F)c1. The number of rotatable bonds is 5. The van der Waals surface area contributed by atoms with Crippen LogP contribution in [0.5, 0.6) is 0 Å². The number of nitrogens with zero attached hydrogens (tertiary/aromatic N) is 1. The first kappa shape index (κ1) is 15.1. The number of carbonyl (C=O) groups is 2. The summed E-state index contributed by atoms with van der Waals surface area (Å²) in [6.07, 6.45) is 0. The summed E-state index contributed by atoms with van der Waals surface area (Å²) in [6.45, 7) is 4.13. The van der Waals surface area contributed by atoms with Gasteiger partial charge in [-0.1, -0.05) is 0 Å². The van der Waals surface area contributed by atoms with Gasteiger partial charge in [-0.25, -0.2) is 8.78 Å². The lowest BCUT2D eigenvalue weighted by Gasteiger charge is -2.20. The number of likely N-dealkylation sites (N-methyl/N-ethyl adjacent to an activating group) is 2. The number of benzene rings is 1. The third-order valence-electron chi connectivity index (χ3n) is 2.54. The van der Waals surface area contributed by atoms with Crippen molar-refractivity contribution in [2.75, 3.05) is 19.6 Å². The highest BCUT2D eigenvalue weighted by Gasteiger charge is 2.18. The van der Waals surface area contributed by atoms with Crippen LogP contribution in [-0.2, 0) is 4.79 Å². The van der Waals surface area contributed by atoms with Gasteiger partial charge in [0.15, 0.2) is 11.6 Å². The van der Waals surface area contributed by atoms with Gasteiger partial charge in [0.25, 0.3) is 5.91 Å². The lowest BCUT2D eigenvalue weighted by molar-refractivity contribution is -0.121. The number of hydrogen-bond acceptors (Lipinski definition) is 2. The second kappa shape index (κ2) is 6.82. The first-order chi connectivity index (χ1) is 8.99. The van der Waals surface area contributed by atoms with Crippen LogP contribution in [0, 0.1) is 11.6 Å². The van der Waals surface area contributed by atoms with Gasteiger partial charge in [0.05, 0.1) is 6.54 Å². The van der Waals surface area contributed by atoms with Crippen molar-refractivity contribution < 1.29 is 18.4 Å². The van der Waals surface area contributed by atoms with E-state index < -0.39 is 17.5 Å². The van der Waals surface area contributed by atoms with E-state index in [-0.39, 0.29) is 18.0 Å². The molecule has 19 heavy (non-hydrogen) atoms. The third-order valence-corrected chi connectivity index (χ3v) is 2.54. The average Bonchev–Trinajstić information content (AvgIpc) is 2.38. The summed E-state index contributed by atoms with van der Waals surface area (Å²) in [4.78, 5) is 24.7. The molecule has 4 nitrogen and oxygen atoms in total. The number of amides is 2. The second-order valence-corrected chi connectivity index (χ2v) is 3.90. The van der Waals surface area contributed by atoms with Crippen molar-refractivity contribution in [1.82, 2.24) is 10.2 Å². The van der Waals surface area contributed by atoms with Crippen LogP contribution in [0.3, 0.4) is 0 Å². The van der Waals surface area contributed by atoms with Crippen molar-refractivity contribution >= 4 is 11.8 Å². The average molecular weight is 270 g/mol. The summed E-state index contributed by atoms with van der Waals surface area (Å²) in [7, 11) is 0. The molecule has 0 aromatic heterocycles. The van der Waals surface area contributed by atoms with Gasteiger partial charge in [0.2, 0.25) is 5.91 Å². The summed E-state index contributed by atoms with van der Waals surface area (Å²) in [5, 5.41) is 2.57. The number of nitrogens with one attached hydrogen (secondary N) is 1. The molecule has 0 radical (unpaired) electrons. The van der Waals surface area contributed by atoms with E-state index in [2.05, 4.69) is 5.32 Å². The maximum absolute atomic E-state index is 13.1. The molecule has 1 aromatic carbocycles. The Labute approximate surface area is 110 Å². The third kappa shape index (κ3) is 4.01. The topological polar surface area (TPSA) is 49.4 Å². The van der Waals surface area contributed by atoms with Gasteiger partial charge < -0.3 is 10.2 Å². The Hall–Kier alpha value is -1.98. The molecule has 0 unspecified atom stereocenters. The van der Waals surface area contributed by atoms with Gasteiger partial charge >= 0.3 is 0 Å². The molecule has 0 bridgehead atoms. The molecule has 0 saturated heterocycles. The van der Waals surface area contributed by atoms with Crippen molar-refractivity contribution in [1.29, 1.82) is 0 Å². The maximum atomic E-state index is 13.1. The molecule has 0 aliphatic heterocycles. The Balaban J connectivity index is 2.83. The molecular weight excluding hydrogens is 254 g/mol. The van der Waals surface area contributed by atoms with Crippen LogP contribution in [0.2, 0.25) is 0 Å². The molecule has 2 amide bonds. The minimum atomic E-state index is -1.08. The zero-order valence-corrected chi connectivity index (χ0v) is 10.9. The molecule has 1 N–H and O–H groups in total. The highest BCUT2D eigenvalue weighted by molar-refractivity contribution is 5.96. The van der Waals surface area contributed by atoms with Crippen LogP contribution in [0.1, 0.15) is 24.2 Å². The standard InChI is InChI=1S/C13H16F2N2O2/c1-3-16-12(18)8-17(4-2)13(19)9-5-6-10(14)11(15)7-9/h5-7H,3-4,8H2,1-2H3,(H,16,18). The monoisotopic (exact) mass is 270 g/mol. The molecule has 1 rings (SSSR count). The summed E-state index contributed by atoms with van der Waals surface area (Å²) in [6, 6.07) is 2.92. The largest absolute Gasteiger partial charge is 0.355 e. The lowest BCUT2D eigenvalue weighted by Crippen LogP contribution is -2.40. The fraction of sp³-hybridized carbons (Fsp3) is 0.385. The van der Waals surface area contributed by atoms with Gasteiger partial charge in [0.1, 0.15) is 0 Å². The molecule has 0 spiro atoms. The highest BCUT2D eigenvalue weighted by atomic mass is 19.2. The predicted molar refractivity (Wildman–Crippen MR) is 66.6 cm³/mol. The first-order valence-corrected chi connectivity index (χ1v) is 6.00. The van der Waals surface area contributed by atoms with Crippen molar-refractivity contribution in [3.05, 3.63) is 35.4 Å². The smallest absolute Gasteiger partial charge is 0.254 e. The van der Waals surface area contributed by atoms with E-state index in [9.17, 15) is 18.4 Å². The van der Waals surface area contributed by atoms with Crippen molar-refractivity contribution in [2.45, 2.75) is 13.8 Å². The van der Waals surface area contributed by atoms with Crippen LogP contribution in [0.15, 0.2) is 18.2 Å². The number of hydrogen-bond donors (Lipinski definition) is 1. The van der Waals surface area contributed by atoms with E-state index in [0.717, 1.165) is 12.1 Å². The van der Waals surface area contributed by atoms with Crippen LogP contribution >= 0.6 is 0 Å². The Morgan fingerprint density at radius 2 is 1.89 bits per heavy atom. The van der Waals surface area contributed by atoms with Crippen molar-refractivity contribution in [3.8, 4) is 0 Å². The minimum Gasteiger partial charge on any atom is -0.355 e. The molecule has 0 saturated carbocycles. The number of halogens is 2. The zero-order valence-electron chi connectivity index (χ0n) is 10.9. The fourth-order valence-corrected chi connectivity index (χ4v) is 1.57. The van der Waals surface area contributed by atoms with Gasteiger partial charge in [-0.05, 0) is 32.0 Å². The van der Waals surface area contributed by atoms with Gasteiger partial charge in [-0.3, -0.25) is 9.59 Å². The predicted octanol–water partition coefficient (Wildman–Crippen LogP) is 1.56. The molecule has 6 heteroatoms. The summed E-state index contributed by atoms with van der Waals surface area (Å²) >= 11 is 0. The fourth-order valence-electron chi connectivity index (χ4n) is 1.57. The Kier molecular flexibility index (Phi) is 5.41. The summed E-state index contributed by atoms with van der Waals surface area (Å²) in [5.74, 6) is -2.89. The quantitative estimate of drug-likeness (QED) is 0.882. The summed E-state index contributed by atoms with van der Waals surface area (Å²) < 4.78 is 25.9. The van der Waals surface area contributed by atoms with E-state index in [4.69, 9.17) is 0 Å². The maximum Gasteiger partial charge on any atom is 0.254 e. The van der Waals surface area contributed by atoms with E-state index >= 15 is 0 Å². The summed E-state index contributed by atoms with van der Waals surface area (Å²) in [5.41, 5.74) is 0.0186. The van der Waals surface area contributed by atoms with Gasteiger partial charge in [-0.15, -0.1) is 0 Å². The first-order valence-electron chi connectivity index (χ1n) is 6.00. The minimum absolute atomic E-state index is 0.0186. The Morgan fingerprint density at radius 1 is 1.21 bits per heavy atom. The van der Waals surface area contributed by atoms with Crippen molar-refractivity contribution in [2.24, 2.45) is 0 Å². The molecule has 1 aromatic rings. The lowest BCUT2D eigenvalue weighted by atomic mass is 10.2. The molecule has 0 heterocycles. The molecule has 0 aliphatic carbocycles. The zero-order chi connectivity index (χ0) is 14.4. The second-order valence-electron chi connectivity index (χ2n) is 3.90. The Morgan fingerprint density at radius 3 is 2.42 bits per heavy atom. The number of carbonyl (C=O) groups excluding carboxylic acids is 2. The van der Waals surface area contributed by atoms with Crippen LogP contribution in [0.4, 0.5) is 8.78 Å². The normalized spacial score (nSPS) is 10.1. The van der Waals surface area contributed by atoms with E-state index in [0.29, 0.717) is 13.1 Å². The van der Waals surface area contributed by atoms with E-state index in [1.165, 1.54) is 11.0 Å². The Bertz CT molecular complexity index is 478. The van der Waals surface area contributed by atoms with Gasteiger partial charge in [0, 0.05) is 18.7 Å². The van der Waals surface area contributed by atoms with E-state index in [1.54, 1.807) is 13.8 Å². The molecule has 0 atom stereocenters. The highest BCUT2D eigenvalue weighted by Crippen LogP contribution is 2.11. The van der Waals surface area contributed by atoms with Crippen molar-refractivity contribution in [3.63, 3.8) is 0 Å². The molecule has 0 fully saturated rings. The van der Waals surface area contributed by atoms with Gasteiger partial charge in [-0.2, -0.15) is 0 Å².